The molecule has 68 heavy (non-hydrogen) atoms. The Morgan fingerprint density at radius 2 is 0.221 bits per heavy atom. The van der Waals surface area contributed by atoms with Crippen molar-refractivity contribution >= 4 is 0 Å². The van der Waals surface area contributed by atoms with Gasteiger partial charge in [0.2, 0.25) is 0 Å². The van der Waals surface area contributed by atoms with Gasteiger partial charge >= 0.3 is 0 Å². The molecule has 0 saturated carbocycles. The lowest BCUT2D eigenvalue weighted by molar-refractivity contribution is -0.0290. The third-order valence-corrected chi connectivity index (χ3v) is 11.5. The number of hydrogen-bond acceptors (Lipinski definition) is 13. The van der Waals surface area contributed by atoms with Crippen LogP contribution in [0.5, 0.6) is 0 Å². The summed E-state index contributed by atoms with van der Waals surface area (Å²) < 4.78 is 72.5. The molecular formula is C55H112O13. The van der Waals surface area contributed by atoms with Gasteiger partial charge in [-0.2, -0.15) is 0 Å². The van der Waals surface area contributed by atoms with Gasteiger partial charge in [0.25, 0.3) is 0 Å². The molecule has 0 heterocycles. The molecule has 13 nitrogen and oxygen atoms in total. The molecule has 0 aliphatic heterocycles. The average molecular weight is 981 g/mol. The molecule has 0 atom stereocenters. The van der Waals surface area contributed by atoms with Gasteiger partial charge in [0, 0.05) is 13.2 Å². The van der Waals surface area contributed by atoms with Gasteiger partial charge in [-0.15, -0.1) is 0 Å². The van der Waals surface area contributed by atoms with Crippen molar-refractivity contribution in [1.29, 1.82) is 0 Å². The lowest BCUT2D eigenvalue weighted by Crippen LogP contribution is -2.15. The van der Waals surface area contributed by atoms with Crippen LogP contribution in [0.15, 0.2) is 0 Å². The molecule has 0 fully saturated rings. The van der Waals surface area contributed by atoms with Crippen molar-refractivity contribution in [3.8, 4) is 0 Å². The highest BCUT2D eigenvalue weighted by Crippen LogP contribution is 2.14. The second kappa shape index (κ2) is 66.5. The molecule has 0 bridgehead atoms. The molecule has 0 aromatic rings. The van der Waals surface area contributed by atoms with Crippen LogP contribution in [0.3, 0.4) is 0 Å². The zero-order valence-electron chi connectivity index (χ0n) is 44.8. The van der Waals surface area contributed by atoms with E-state index in [9.17, 15) is 0 Å². The molecule has 0 aliphatic carbocycles. The number of rotatable bonds is 65. The van der Waals surface area contributed by atoms with Crippen LogP contribution in [-0.2, 0) is 61.6 Å². The monoisotopic (exact) mass is 981 g/mol. The zero-order chi connectivity index (χ0) is 48.7. The first-order chi connectivity index (χ1) is 33.9. The quantitative estimate of drug-likeness (QED) is 0.0538. The van der Waals surface area contributed by atoms with Crippen molar-refractivity contribution in [1.82, 2.24) is 0 Å². The summed E-state index contributed by atoms with van der Waals surface area (Å²) in [5, 5.41) is 0. The van der Waals surface area contributed by atoms with Crippen LogP contribution < -0.4 is 0 Å². The predicted molar refractivity (Wildman–Crippen MR) is 277 cm³/mol. The lowest BCUT2D eigenvalue weighted by atomic mass is 10.0. The molecule has 0 radical (unpaired) electrons. The Morgan fingerprint density at radius 3 is 0.353 bits per heavy atom. The molecule has 0 aromatic carbocycles. The maximum atomic E-state index is 5.71. The lowest BCUT2D eigenvalue weighted by Gasteiger charge is -2.09. The fourth-order valence-corrected chi connectivity index (χ4v) is 7.36. The third-order valence-electron chi connectivity index (χ3n) is 11.5. The summed E-state index contributed by atoms with van der Waals surface area (Å²) in [4.78, 5) is 0. The van der Waals surface area contributed by atoms with Gasteiger partial charge in [0.15, 0.2) is 0 Å². The van der Waals surface area contributed by atoms with Crippen LogP contribution in [0, 0.1) is 0 Å². The minimum absolute atomic E-state index is 0.518. The summed E-state index contributed by atoms with van der Waals surface area (Å²) in [5.41, 5.74) is 0. The summed E-state index contributed by atoms with van der Waals surface area (Å²) in [6.07, 6.45) is 37.1. The average Bonchev–Trinajstić information content (AvgIpc) is 3.35. The van der Waals surface area contributed by atoms with Crippen molar-refractivity contribution in [3.05, 3.63) is 0 Å². The summed E-state index contributed by atoms with van der Waals surface area (Å²) in [5.74, 6) is 0. The Labute approximate surface area is 419 Å². The molecule has 0 amide bonds. The smallest absolute Gasteiger partial charge is 0.0701 e. The fourth-order valence-electron chi connectivity index (χ4n) is 7.36. The zero-order valence-corrected chi connectivity index (χ0v) is 44.8. The van der Waals surface area contributed by atoms with Crippen molar-refractivity contribution in [2.24, 2.45) is 0 Å². The van der Waals surface area contributed by atoms with Gasteiger partial charge < -0.3 is 61.6 Å². The fraction of sp³-hybridized carbons (Fsp3) is 1.00. The Hall–Kier alpha value is -0.520. The van der Waals surface area contributed by atoms with Crippen LogP contribution in [0.1, 0.15) is 187 Å². The van der Waals surface area contributed by atoms with Crippen molar-refractivity contribution in [3.63, 3.8) is 0 Å². The largest absolute Gasteiger partial charge is 0.379 e. The summed E-state index contributed by atoms with van der Waals surface area (Å²) in [6, 6.07) is 0. The Kier molecular flexibility index (Phi) is 66.0. The summed E-state index contributed by atoms with van der Waals surface area (Å²) >= 11 is 0. The molecule has 0 spiro atoms. The standard InChI is InChI=1S/C55H112O13/c1-3-5-7-9-11-13-15-16-17-18-19-21-23-25-27-29-31-57-33-35-59-37-39-61-41-43-63-45-47-65-49-51-67-53-55-68-54-52-66-50-48-64-46-44-62-42-40-60-38-36-58-34-32-56-30-28-26-24-22-20-14-12-10-8-6-4-2/h3-55H2,1-2H3. The molecule has 0 unspecified atom stereocenters. The highest BCUT2D eigenvalue weighted by molar-refractivity contribution is 4.51. The van der Waals surface area contributed by atoms with Crippen LogP contribution in [-0.4, -0.2) is 172 Å². The van der Waals surface area contributed by atoms with Crippen molar-refractivity contribution in [2.45, 2.75) is 187 Å². The highest BCUT2D eigenvalue weighted by Gasteiger charge is 2.00. The topological polar surface area (TPSA) is 120 Å². The number of unbranched alkanes of at least 4 members (excludes halogenated alkanes) is 25. The van der Waals surface area contributed by atoms with Crippen LogP contribution in [0.4, 0.5) is 0 Å². The highest BCUT2D eigenvalue weighted by atomic mass is 16.6. The first kappa shape index (κ1) is 67.5. The first-order valence-corrected chi connectivity index (χ1v) is 28.4. The SMILES string of the molecule is CCCCCCCCCCCCCCCCCCOCCOCCOCCOCCOCCOCCOCCOCCOCCOCCOCCOCCOCCCCCCCCCCCCC. The Bertz CT molecular complexity index is 780. The third kappa shape index (κ3) is 65.5. The molecule has 0 N–H and O–H groups in total. The van der Waals surface area contributed by atoms with Crippen molar-refractivity contribution < 1.29 is 61.6 Å². The van der Waals surface area contributed by atoms with Gasteiger partial charge in [-0.25, -0.2) is 0 Å². The Balaban J connectivity index is 3.07. The van der Waals surface area contributed by atoms with Gasteiger partial charge in [-0.1, -0.05) is 174 Å². The minimum atomic E-state index is 0.518. The van der Waals surface area contributed by atoms with E-state index in [-0.39, 0.29) is 0 Å². The van der Waals surface area contributed by atoms with Gasteiger partial charge in [0.1, 0.15) is 0 Å². The Morgan fingerprint density at radius 1 is 0.118 bits per heavy atom. The van der Waals surface area contributed by atoms with E-state index in [0.29, 0.717) is 159 Å². The molecule has 0 rings (SSSR count). The summed E-state index contributed by atoms with van der Waals surface area (Å²) in [7, 11) is 0. The summed E-state index contributed by atoms with van der Waals surface area (Å²) in [6.45, 7) is 19.5. The van der Waals surface area contributed by atoms with Crippen LogP contribution in [0.2, 0.25) is 0 Å². The molecule has 0 saturated heterocycles. The molecule has 13 heteroatoms. The molecule has 0 aliphatic rings. The van der Waals surface area contributed by atoms with Crippen molar-refractivity contribution in [2.75, 3.05) is 172 Å². The van der Waals surface area contributed by atoms with Gasteiger partial charge in [0.05, 0.1) is 159 Å². The second-order valence-corrected chi connectivity index (χ2v) is 17.8. The van der Waals surface area contributed by atoms with E-state index in [1.54, 1.807) is 0 Å². The van der Waals surface area contributed by atoms with Gasteiger partial charge in [-0.05, 0) is 12.8 Å². The second-order valence-electron chi connectivity index (χ2n) is 17.8. The molecule has 0 aromatic heterocycles. The molecule has 410 valence electrons. The van der Waals surface area contributed by atoms with E-state index in [2.05, 4.69) is 13.8 Å². The van der Waals surface area contributed by atoms with E-state index in [1.807, 2.05) is 0 Å². The normalized spacial score (nSPS) is 11.7. The van der Waals surface area contributed by atoms with E-state index in [1.165, 1.54) is 161 Å². The predicted octanol–water partition coefficient (Wildman–Crippen LogP) is 11.8. The maximum Gasteiger partial charge on any atom is 0.0701 e. The van der Waals surface area contributed by atoms with E-state index in [4.69, 9.17) is 61.6 Å². The minimum Gasteiger partial charge on any atom is -0.379 e. The van der Waals surface area contributed by atoms with E-state index < -0.39 is 0 Å². The van der Waals surface area contributed by atoms with E-state index in [0.717, 1.165) is 26.1 Å². The number of hydrogen-bond donors (Lipinski definition) is 0. The van der Waals surface area contributed by atoms with Crippen LogP contribution >= 0.6 is 0 Å². The van der Waals surface area contributed by atoms with E-state index >= 15 is 0 Å². The molecular weight excluding hydrogens is 869 g/mol. The number of ether oxygens (including phenoxy) is 13. The van der Waals surface area contributed by atoms with Gasteiger partial charge in [-0.3, -0.25) is 0 Å². The maximum absolute atomic E-state index is 5.71. The first-order valence-electron chi connectivity index (χ1n) is 28.4. The van der Waals surface area contributed by atoms with Crippen LogP contribution in [0.25, 0.3) is 0 Å².